The number of nitrogens with one attached hydrogen (secondary N) is 2. The van der Waals surface area contributed by atoms with E-state index in [0.29, 0.717) is 70.9 Å². The minimum absolute atomic E-state index is 0.00591. The molecule has 0 aliphatic heterocycles. The van der Waals surface area contributed by atoms with Crippen LogP contribution in [-0.4, -0.2) is 67.1 Å². The first kappa shape index (κ1) is 61.4. The summed E-state index contributed by atoms with van der Waals surface area (Å²) in [4.78, 5) is 100. The van der Waals surface area contributed by atoms with E-state index in [2.05, 4.69) is 40.2 Å². The van der Waals surface area contributed by atoms with Crippen molar-refractivity contribution in [3.8, 4) is 23.3 Å². The number of nitro groups is 3. The normalized spacial score (nSPS) is 9.96. The molecule has 0 radical (unpaired) electrons. The second kappa shape index (κ2) is 31.0. The number of nitrogens with two attached hydrogens (primary N) is 1. The number of anilines is 2. The average Bonchev–Trinajstić information content (AvgIpc) is 3.34. The van der Waals surface area contributed by atoms with Crippen molar-refractivity contribution < 1.29 is 38.6 Å². The molecular weight excluding hydrogens is 1050 g/mol. The number of aromatic amines is 1. The minimum atomic E-state index is -0.619. The molecule has 0 aliphatic carbocycles. The number of aromatic nitrogens is 7. The Labute approximate surface area is 448 Å². The third kappa shape index (κ3) is 21.7. The lowest BCUT2D eigenvalue weighted by Gasteiger charge is -2.08. The van der Waals surface area contributed by atoms with E-state index in [0.717, 1.165) is 12.1 Å². The molecule has 0 atom stereocenters. The van der Waals surface area contributed by atoms with E-state index in [1.807, 2.05) is 6.92 Å². The number of carbonyl (C=O) groups excluding carboxylic acids is 3. The van der Waals surface area contributed by atoms with Crippen molar-refractivity contribution in [2.24, 2.45) is 0 Å². The highest BCUT2D eigenvalue weighted by Gasteiger charge is 2.16. The number of hydrogen-bond acceptors (Lipinski definition) is 19. The summed E-state index contributed by atoms with van der Waals surface area (Å²) in [5.41, 5.74) is 8.97. The van der Waals surface area contributed by atoms with Crippen molar-refractivity contribution in [3.63, 3.8) is 0 Å². The quantitative estimate of drug-likeness (QED) is 0.0488. The first-order chi connectivity index (χ1) is 36.0. The van der Waals surface area contributed by atoms with Crippen molar-refractivity contribution in [3.05, 3.63) is 188 Å². The summed E-state index contributed by atoms with van der Waals surface area (Å²) >= 11 is 16.4. The Bertz CT molecular complexity index is 3240. The lowest BCUT2D eigenvalue weighted by atomic mass is 10.2. The lowest BCUT2D eigenvalue weighted by molar-refractivity contribution is -0.386. The summed E-state index contributed by atoms with van der Waals surface area (Å²) < 4.78 is 11.3. The first-order valence-corrected chi connectivity index (χ1v) is 23.5. The van der Waals surface area contributed by atoms with Crippen LogP contribution in [0.15, 0.2) is 108 Å². The van der Waals surface area contributed by atoms with Crippen LogP contribution >= 0.6 is 34.8 Å². The molecule has 27 heteroatoms. The molecule has 0 aromatic carbocycles. The largest absolute Gasteiger partial charge is 0.439 e. The first-order valence-electron chi connectivity index (χ1n) is 22.4. The van der Waals surface area contributed by atoms with Crippen LogP contribution < -0.4 is 26.0 Å². The molecule has 24 nitrogen and oxygen atoms in total. The molecule has 7 rings (SSSR count). The smallest absolute Gasteiger partial charge is 0.306 e. The van der Waals surface area contributed by atoms with Crippen LogP contribution in [0.5, 0.6) is 23.3 Å². The highest BCUT2D eigenvalue weighted by Crippen LogP contribution is 2.27. The summed E-state index contributed by atoms with van der Waals surface area (Å²) in [6.45, 7) is 9.97. The van der Waals surface area contributed by atoms with Crippen LogP contribution in [0, 0.1) is 30.3 Å². The molecule has 0 saturated heterocycles. The van der Waals surface area contributed by atoms with E-state index in [1.54, 1.807) is 62.6 Å². The topological polar surface area (TPSA) is 347 Å². The van der Waals surface area contributed by atoms with E-state index in [9.17, 15) is 49.5 Å². The number of nitrogens with zero attached hydrogens (tertiary/aromatic N) is 9. The number of hydrogen-bond donors (Lipinski definition) is 3. The third-order valence-corrected chi connectivity index (χ3v) is 9.88. The highest BCUT2D eigenvalue weighted by atomic mass is 35.5. The maximum Gasteiger partial charge on any atom is 0.306 e. The maximum atomic E-state index is 11.1. The molecule has 4 N–H and O–H groups in total. The monoisotopic (exact) mass is 1100 g/mol. The molecule has 1 amide bonds. The van der Waals surface area contributed by atoms with Gasteiger partial charge in [-0.3, -0.25) is 59.5 Å². The Morgan fingerprint density at radius 3 is 1.50 bits per heavy atom. The summed E-state index contributed by atoms with van der Waals surface area (Å²) in [5, 5.41) is 34.2. The summed E-state index contributed by atoms with van der Waals surface area (Å²) in [5.74, 6) is 2.13. The third-order valence-electron chi connectivity index (χ3n) is 9.18. The van der Waals surface area contributed by atoms with Gasteiger partial charge in [-0.1, -0.05) is 55.6 Å². The fraction of sp³-hybridized carbons (Fsp3) is 0.224. The number of halogens is 3. The fourth-order valence-electron chi connectivity index (χ4n) is 5.92. The number of aryl methyl sites for hydroxylation is 3. The predicted octanol–water partition coefficient (Wildman–Crippen LogP) is 10.3. The van der Waals surface area contributed by atoms with Crippen LogP contribution in [-0.2, 0) is 46.5 Å². The molecule has 398 valence electrons. The van der Waals surface area contributed by atoms with Gasteiger partial charge in [0.1, 0.15) is 50.6 Å². The second-order valence-electron chi connectivity index (χ2n) is 15.2. The van der Waals surface area contributed by atoms with Gasteiger partial charge in [0.25, 0.3) is 11.4 Å². The Morgan fingerprint density at radius 2 is 1.05 bits per heavy atom. The van der Waals surface area contributed by atoms with Gasteiger partial charge in [-0.05, 0) is 63.4 Å². The van der Waals surface area contributed by atoms with Gasteiger partial charge < -0.3 is 25.5 Å². The zero-order valence-corrected chi connectivity index (χ0v) is 43.8. The molecule has 0 fully saturated rings. The second-order valence-corrected chi connectivity index (χ2v) is 16.4. The van der Waals surface area contributed by atoms with E-state index >= 15 is 0 Å². The van der Waals surface area contributed by atoms with Crippen molar-refractivity contribution >= 4 is 80.8 Å². The van der Waals surface area contributed by atoms with Gasteiger partial charge >= 0.3 is 5.69 Å². The number of amides is 1. The SMILES string of the molecule is CC(=O)Nc1cc(=O)cc[nH]1.CCc1nc(Cl)ccc1[N+](=O)[O-].CCc1nc(Oc2ccnc(CC(C)=O)c2)ccc1N.CCc1nc(Oc2ccnc(CC(C)=O)c2)ccc1[N+](=O)[O-].O=[N+]([O-])c1ccc(Cl)nc1Cl. The minimum Gasteiger partial charge on any atom is -0.439 e. The van der Waals surface area contributed by atoms with Crippen molar-refractivity contribution in [1.29, 1.82) is 0 Å². The van der Waals surface area contributed by atoms with Gasteiger partial charge in [0.15, 0.2) is 5.43 Å². The van der Waals surface area contributed by atoms with Crippen molar-refractivity contribution in [2.45, 2.75) is 73.6 Å². The van der Waals surface area contributed by atoms with Gasteiger partial charge in [-0.15, -0.1) is 0 Å². The van der Waals surface area contributed by atoms with Crippen LogP contribution in [0.3, 0.4) is 0 Å². The molecule has 0 spiro atoms. The highest BCUT2D eigenvalue weighted by molar-refractivity contribution is 6.33. The molecule has 0 unspecified atom stereocenters. The standard InChI is InChI=1S/C15H15N3O4.C15H17N3O2.C7H7ClN2O2.C7H8N2O2.C5H2Cl2N2O2/c1-3-13-14(18(20)21)4-5-15(17-13)22-12-6-7-16-11(9-12)8-10(2)19;1-3-14-13(16)4-5-15(18-14)20-12-6-7-17-11(9-12)8-10(2)19;1-2-5-6(10(11)12)3-4-7(8)9-5;1-5(10)9-7-4-6(11)2-3-8-7;6-4-2-1-3(9(10)11)5(7)8-4/h4-7,9H,3,8H2,1-2H3;4-7,9H,3,8,16H2,1-2H3;3-4H,2H2,1H3;2-4H,1H3,(H2,8,9,10,11);1-2H. The molecule has 0 bridgehead atoms. The number of Topliss-reactive ketones (excluding diaryl/α,β-unsaturated/α-hetero) is 2. The maximum absolute atomic E-state index is 11.1. The number of ether oxygens (including phenoxy) is 2. The van der Waals surface area contributed by atoms with E-state index in [1.165, 1.54) is 75.5 Å². The summed E-state index contributed by atoms with van der Waals surface area (Å²) in [6.07, 6.45) is 6.85. The number of H-pyrrole nitrogens is 1. The molecule has 0 saturated carbocycles. The molecule has 7 aromatic rings. The molecule has 0 aliphatic rings. The van der Waals surface area contributed by atoms with Crippen LogP contribution in [0.2, 0.25) is 15.5 Å². The molecule has 7 aromatic heterocycles. The van der Waals surface area contributed by atoms with Gasteiger partial charge in [0.2, 0.25) is 22.8 Å². The lowest BCUT2D eigenvalue weighted by Crippen LogP contribution is -2.09. The number of rotatable bonds is 15. The van der Waals surface area contributed by atoms with Gasteiger partial charge in [0, 0.05) is 93.0 Å². The van der Waals surface area contributed by atoms with Crippen LogP contribution in [0.4, 0.5) is 28.6 Å². The number of nitrogen functional groups attached to an aromatic ring is 1. The van der Waals surface area contributed by atoms with Gasteiger partial charge in [-0.2, -0.15) is 0 Å². The molecule has 7 heterocycles. The Hall–Kier alpha value is -8.87. The predicted molar refractivity (Wildman–Crippen MR) is 283 cm³/mol. The number of carbonyl (C=O) groups is 3. The van der Waals surface area contributed by atoms with Crippen molar-refractivity contribution in [2.75, 3.05) is 11.1 Å². The fourth-order valence-corrected chi connectivity index (χ4v) is 6.49. The Kier molecular flexibility index (Phi) is 25.1. The molecular formula is C49H49Cl3N12O12. The average molecular weight is 1100 g/mol. The molecule has 76 heavy (non-hydrogen) atoms. The zero-order valence-electron chi connectivity index (χ0n) is 41.5. The Balaban J connectivity index is 0.000000259. The Morgan fingerprint density at radius 1 is 0.605 bits per heavy atom. The van der Waals surface area contributed by atoms with E-state index in [4.69, 9.17) is 50.0 Å². The van der Waals surface area contributed by atoms with Gasteiger partial charge in [0.05, 0.1) is 37.5 Å². The van der Waals surface area contributed by atoms with Crippen LogP contribution in [0.1, 0.15) is 70.0 Å². The van der Waals surface area contributed by atoms with Crippen molar-refractivity contribution in [1.82, 2.24) is 34.9 Å². The van der Waals surface area contributed by atoms with E-state index in [-0.39, 0.29) is 67.7 Å². The number of ketones is 2. The number of pyridine rings is 7. The van der Waals surface area contributed by atoms with Crippen LogP contribution in [0.25, 0.3) is 0 Å². The van der Waals surface area contributed by atoms with E-state index < -0.39 is 14.8 Å². The summed E-state index contributed by atoms with van der Waals surface area (Å²) in [6, 6.07) is 21.1. The van der Waals surface area contributed by atoms with Gasteiger partial charge in [-0.25, -0.2) is 19.9 Å². The summed E-state index contributed by atoms with van der Waals surface area (Å²) in [7, 11) is 0. The zero-order chi connectivity index (χ0) is 56.5.